The summed E-state index contributed by atoms with van der Waals surface area (Å²) in [6.45, 7) is 3.88. The van der Waals surface area contributed by atoms with E-state index in [0.29, 0.717) is 24.6 Å². The lowest BCUT2D eigenvalue weighted by molar-refractivity contribution is -0.121. The molecule has 0 aromatic carbocycles. The summed E-state index contributed by atoms with van der Waals surface area (Å²) in [6.07, 6.45) is 6.00. The van der Waals surface area contributed by atoms with Gasteiger partial charge in [-0.2, -0.15) is 11.8 Å². The Morgan fingerprint density at radius 3 is 2.71 bits per heavy atom. The minimum absolute atomic E-state index is 0. The maximum Gasteiger partial charge on any atom is 0.513 e. The van der Waals surface area contributed by atoms with Crippen LogP contribution < -0.4 is 16.0 Å². The van der Waals surface area contributed by atoms with Crippen LogP contribution in [0, 0.1) is 0 Å². The average molecular weight is 486 g/mol. The third-order valence-electron chi connectivity index (χ3n) is 5.06. The van der Waals surface area contributed by atoms with Crippen LogP contribution >= 0.6 is 19.7 Å². The predicted molar refractivity (Wildman–Crippen MR) is 120 cm³/mol. The number of unbranched alkanes of at least 4 members (excludes halogenated alkanes) is 4. The highest BCUT2D eigenvalue weighted by Gasteiger charge is 2.42. The SMILES string of the molecule is CC(C)OP(=O)(F)OCCCCCCNC(=O)CCCC[C@@H]1SC[C@@H]2NC(=O)N[C@@H]21.O. The number of nitrogens with one attached hydrogen (secondary N) is 3. The van der Waals surface area contributed by atoms with Crippen LogP contribution in [-0.2, 0) is 18.4 Å². The van der Waals surface area contributed by atoms with Crippen molar-refractivity contribution in [1.82, 2.24) is 16.0 Å². The van der Waals surface area contributed by atoms with E-state index < -0.39 is 14.0 Å². The van der Waals surface area contributed by atoms with E-state index >= 15 is 0 Å². The number of carbonyl (C=O) groups excluding carboxylic acids is 2. The fourth-order valence-corrected chi connectivity index (χ4v) is 6.08. The van der Waals surface area contributed by atoms with Crippen molar-refractivity contribution in [3.8, 4) is 0 Å². The van der Waals surface area contributed by atoms with Gasteiger partial charge in [0.1, 0.15) is 0 Å². The summed E-state index contributed by atoms with van der Waals surface area (Å²) < 4.78 is 34.0. The first-order valence-electron chi connectivity index (χ1n) is 10.8. The van der Waals surface area contributed by atoms with E-state index in [-0.39, 0.29) is 36.1 Å². The minimum atomic E-state index is -4.43. The molecule has 2 rings (SSSR count). The maximum absolute atomic E-state index is 13.4. The van der Waals surface area contributed by atoms with Gasteiger partial charge < -0.3 is 21.4 Å². The fraction of sp³-hybridized carbons (Fsp3) is 0.895. The van der Waals surface area contributed by atoms with E-state index in [1.165, 1.54) is 0 Å². The third kappa shape index (κ3) is 11.0. The van der Waals surface area contributed by atoms with E-state index in [9.17, 15) is 18.4 Å². The average Bonchev–Trinajstić information content (AvgIpc) is 3.19. The van der Waals surface area contributed by atoms with Crippen molar-refractivity contribution in [2.45, 2.75) is 88.7 Å². The number of fused-ring (bicyclic) bond motifs is 1. The van der Waals surface area contributed by atoms with Crippen LogP contribution in [0.5, 0.6) is 0 Å². The Balaban J connectivity index is 0.00000480. The molecule has 0 aromatic rings. The van der Waals surface area contributed by atoms with E-state index in [2.05, 4.69) is 25.0 Å². The molecule has 9 nitrogen and oxygen atoms in total. The Morgan fingerprint density at radius 1 is 1.23 bits per heavy atom. The molecule has 0 saturated carbocycles. The molecule has 182 valence electrons. The molecule has 3 amide bonds. The van der Waals surface area contributed by atoms with Crippen molar-refractivity contribution in [3.05, 3.63) is 0 Å². The van der Waals surface area contributed by atoms with Gasteiger partial charge in [0, 0.05) is 24.0 Å². The minimum Gasteiger partial charge on any atom is -0.412 e. The molecular formula is C19H37FN3O6PS. The van der Waals surface area contributed by atoms with Crippen molar-refractivity contribution in [3.63, 3.8) is 0 Å². The third-order valence-corrected chi connectivity index (χ3v) is 7.73. The second kappa shape index (κ2) is 14.3. The lowest BCUT2D eigenvalue weighted by atomic mass is 10.0. The second-order valence-electron chi connectivity index (χ2n) is 8.05. The Kier molecular flexibility index (Phi) is 13.0. The van der Waals surface area contributed by atoms with Crippen molar-refractivity contribution in [2.75, 3.05) is 18.9 Å². The quantitative estimate of drug-likeness (QED) is 0.185. The van der Waals surface area contributed by atoms with Gasteiger partial charge in [-0.25, -0.2) is 9.36 Å². The van der Waals surface area contributed by atoms with Crippen LogP contribution in [0.3, 0.4) is 0 Å². The number of amides is 3. The molecule has 0 radical (unpaired) electrons. The lowest BCUT2D eigenvalue weighted by Crippen LogP contribution is -2.36. The van der Waals surface area contributed by atoms with Crippen molar-refractivity contribution in [2.24, 2.45) is 0 Å². The Labute approximate surface area is 188 Å². The smallest absolute Gasteiger partial charge is 0.412 e. The van der Waals surface area contributed by atoms with Gasteiger partial charge >= 0.3 is 13.9 Å². The molecule has 5 N–H and O–H groups in total. The summed E-state index contributed by atoms with van der Waals surface area (Å²) in [6, 6.07) is 0.406. The van der Waals surface area contributed by atoms with Crippen molar-refractivity contribution < 1.29 is 32.9 Å². The molecule has 2 saturated heterocycles. The molecule has 12 heteroatoms. The van der Waals surface area contributed by atoms with Gasteiger partial charge in [0.15, 0.2) is 0 Å². The molecule has 4 atom stereocenters. The van der Waals surface area contributed by atoms with Gasteiger partial charge in [-0.15, -0.1) is 4.20 Å². The summed E-state index contributed by atoms with van der Waals surface area (Å²) in [5.41, 5.74) is 0. The van der Waals surface area contributed by atoms with E-state index in [0.717, 1.165) is 44.3 Å². The summed E-state index contributed by atoms with van der Waals surface area (Å²) in [5.74, 6) is 1.02. The van der Waals surface area contributed by atoms with Crippen LogP contribution in [0.15, 0.2) is 0 Å². The Bertz CT molecular complexity index is 615. The monoisotopic (exact) mass is 485 g/mol. The summed E-state index contributed by atoms with van der Waals surface area (Å²) in [4.78, 5) is 23.3. The zero-order valence-corrected chi connectivity index (χ0v) is 20.1. The van der Waals surface area contributed by atoms with Gasteiger partial charge in [-0.05, 0) is 39.5 Å². The normalized spacial score (nSPS) is 24.1. The summed E-state index contributed by atoms with van der Waals surface area (Å²) >= 11 is 1.89. The molecule has 0 spiro atoms. The van der Waals surface area contributed by atoms with E-state index in [1.54, 1.807) is 13.8 Å². The number of thioether (sulfide) groups is 1. The first kappa shape index (κ1) is 28.2. The Hall–Kier alpha value is -0.870. The molecule has 2 fully saturated rings. The standard InChI is InChI=1S/C19H35FN3O5PS.H2O/c1-14(2)28-29(20,26)27-12-8-4-3-7-11-21-17(24)10-6-5-9-16-18-15(13-30-16)22-19(25)23-18;/h14-16,18H,3-13H2,1-2H3,(H,21,24)(H2,22,23,25);1H2/t15-,16-,18-,29?;/m0./s1. The number of urea groups is 1. The second-order valence-corrected chi connectivity index (χ2v) is 10.7. The van der Waals surface area contributed by atoms with Gasteiger partial charge in [0.05, 0.1) is 24.8 Å². The van der Waals surface area contributed by atoms with E-state index in [4.69, 9.17) is 0 Å². The fourth-order valence-electron chi connectivity index (χ4n) is 3.63. The van der Waals surface area contributed by atoms with Gasteiger partial charge in [0.2, 0.25) is 5.91 Å². The van der Waals surface area contributed by atoms with Crippen LogP contribution in [0.2, 0.25) is 0 Å². The molecular weight excluding hydrogens is 448 g/mol. The molecule has 2 aliphatic heterocycles. The highest BCUT2D eigenvalue weighted by atomic mass is 32.2. The zero-order valence-electron chi connectivity index (χ0n) is 18.4. The van der Waals surface area contributed by atoms with Crippen LogP contribution in [0.4, 0.5) is 8.99 Å². The summed E-state index contributed by atoms with van der Waals surface area (Å²) in [7, 11) is -4.43. The number of rotatable bonds is 15. The first-order chi connectivity index (χ1) is 14.3. The number of carbonyl (C=O) groups is 2. The molecule has 0 aliphatic carbocycles. The molecule has 31 heavy (non-hydrogen) atoms. The zero-order chi connectivity index (χ0) is 22.0. The van der Waals surface area contributed by atoms with Gasteiger partial charge in [-0.1, -0.05) is 19.3 Å². The highest BCUT2D eigenvalue weighted by Crippen LogP contribution is 2.51. The number of halogens is 1. The van der Waals surface area contributed by atoms with Gasteiger partial charge in [0.25, 0.3) is 0 Å². The molecule has 0 aromatic heterocycles. The van der Waals surface area contributed by atoms with Crippen LogP contribution in [0.25, 0.3) is 0 Å². The molecule has 1 unspecified atom stereocenters. The Morgan fingerprint density at radius 2 is 1.97 bits per heavy atom. The maximum atomic E-state index is 13.4. The van der Waals surface area contributed by atoms with Crippen molar-refractivity contribution in [1.29, 1.82) is 0 Å². The van der Waals surface area contributed by atoms with Gasteiger partial charge in [-0.3, -0.25) is 13.8 Å². The van der Waals surface area contributed by atoms with Crippen LogP contribution in [0.1, 0.15) is 65.2 Å². The molecule has 2 aliphatic rings. The van der Waals surface area contributed by atoms with E-state index in [1.807, 2.05) is 11.8 Å². The molecule has 0 bridgehead atoms. The lowest BCUT2D eigenvalue weighted by Gasteiger charge is -2.16. The van der Waals surface area contributed by atoms with Crippen LogP contribution in [-0.4, -0.2) is 59.8 Å². The first-order valence-corrected chi connectivity index (χ1v) is 13.3. The highest BCUT2D eigenvalue weighted by molar-refractivity contribution is 8.00. The largest absolute Gasteiger partial charge is 0.513 e. The summed E-state index contributed by atoms with van der Waals surface area (Å²) in [5, 5.41) is 9.28. The topological polar surface area (TPSA) is 137 Å². The predicted octanol–water partition coefficient (Wildman–Crippen LogP) is 3.08. The molecule has 2 heterocycles. The number of hydrogen-bond donors (Lipinski definition) is 3. The number of hydrogen-bond acceptors (Lipinski definition) is 6. The van der Waals surface area contributed by atoms with Crippen molar-refractivity contribution >= 4 is 31.6 Å².